The molecular formula is C11H14ClNOS. The Morgan fingerprint density at radius 3 is 3.20 bits per heavy atom. The molecule has 0 radical (unpaired) electrons. The molecule has 2 heterocycles. The number of alkyl halides is 1. The summed E-state index contributed by atoms with van der Waals surface area (Å²) in [5.41, 5.74) is 1.33. The van der Waals surface area contributed by atoms with Gasteiger partial charge in [-0.3, -0.25) is 4.79 Å². The third kappa shape index (κ3) is 1.91. The predicted molar refractivity (Wildman–Crippen MR) is 63.5 cm³/mol. The van der Waals surface area contributed by atoms with Crippen molar-refractivity contribution in [2.75, 3.05) is 12.4 Å². The maximum Gasteiger partial charge on any atom is 0.238 e. The van der Waals surface area contributed by atoms with Gasteiger partial charge in [-0.1, -0.05) is 6.92 Å². The van der Waals surface area contributed by atoms with E-state index in [1.165, 1.54) is 10.4 Å². The summed E-state index contributed by atoms with van der Waals surface area (Å²) in [4.78, 5) is 15.0. The molecule has 0 aromatic carbocycles. The summed E-state index contributed by atoms with van der Waals surface area (Å²) < 4.78 is 0. The molecule has 0 spiro atoms. The van der Waals surface area contributed by atoms with Gasteiger partial charge in [0.15, 0.2) is 0 Å². The van der Waals surface area contributed by atoms with Gasteiger partial charge in [0.05, 0.1) is 6.04 Å². The summed E-state index contributed by atoms with van der Waals surface area (Å²) in [6.45, 7) is 2.93. The number of amides is 1. The fourth-order valence-corrected chi connectivity index (χ4v) is 3.29. The van der Waals surface area contributed by atoms with Crippen molar-refractivity contribution in [1.29, 1.82) is 0 Å². The minimum Gasteiger partial charge on any atom is -0.334 e. The number of hydrogen-bond donors (Lipinski definition) is 0. The van der Waals surface area contributed by atoms with Crippen molar-refractivity contribution in [2.45, 2.75) is 25.8 Å². The van der Waals surface area contributed by atoms with Gasteiger partial charge < -0.3 is 4.90 Å². The number of carbonyl (C=O) groups is 1. The van der Waals surface area contributed by atoms with E-state index in [1.807, 2.05) is 4.90 Å². The first-order valence-corrected chi connectivity index (χ1v) is 6.61. The highest BCUT2D eigenvalue weighted by Gasteiger charge is 2.29. The molecule has 2 nitrogen and oxygen atoms in total. The number of carbonyl (C=O) groups excluding carboxylic acids is 1. The van der Waals surface area contributed by atoms with Crippen LogP contribution >= 0.6 is 22.9 Å². The lowest BCUT2D eigenvalue weighted by Crippen LogP contribution is -2.39. The molecule has 0 saturated heterocycles. The van der Waals surface area contributed by atoms with Crippen LogP contribution < -0.4 is 0 Å². The topological polar surface area (TPSA) is 20.3 Å². The van der Waals surface area contributed by atoms with E-state index in [2.05, 4.69) is 18.4 Å². The van der Waals surface area contributed by atoms with E-state index >= 15 is 0 Å². The zero-order valence-corrected chi connectivity index (χ0v) is 10.3. The van der Waals surface area contributed by atoms with Gasteiger partial charge in [-0.2, -0.15) is 0 Å². The second kappa shape index (κ2) is 4.54. The smallest absolute Gasteiger partial charge is 0.238 e. The first-order chi connectivity index (χ1) is 7.27. The van der Waals surface area contributed by atoms with Gasteiger partial charge in [0.2, 0.25) is 5.91 Å². The van der Waals surface area contributed by atoms with Gasteiger partial charge in [-0.15, -0.1) is 22.9 Å². The zero-order valence-electron chi connectivity index (χ0n) is 8.70. The van der Waals surface area contributed by atoms with E-state index in [0.717, 1.165) is 19.4 Å². The minimum atomic E-state index is 0.0559. The largest absolute Gasteiger partial charge is 0.334 e. The Hall–Kier alpha value is -0.540. The molecule has 82 valence electrons. The Morgan fingerprint density at radius 2 is 2.53 bits per heavy atom. The monoisotopic (exact) mass is 243 g/mol. The summed E-state index contributed by atoms with van der Waals surface area (Å²) >= 11 is 7.41. The van der Waals surface area contributed by atoms with Crippen molar-refractivity contribution in [2.24, 2.45) is 0 Å². The second-order valence-electron chi connectivity index (χ2n) is 3.69. The Morgan fingerprint density at radius 1 is 1.73 bits per heavy atom. The Labute approximate surface area is 98.8 Å². The van der Waals surface area contributed by atoms with E-state index in [0.29, 0.717) is 0 Å². The quantitative estimate of drug-likeness (QED) is 0.732. The van der Waals surface area contributed by atoms with E-state index < -0.39 is 0 Å². The van der Waals surface area contributed by atoms with Crippen molar-refractivity contribution in [1.82, 2.24) is 4.90 Å². The predicted octanol–water partition coefficient (Wildman–Crippen LogP) is 2.82. The molecule has 0 N–H and O–H groups in total. The summed E-state index contributed by atoms with van der Waals surface area (Å²) in [5, 5.41) is 2.11. The molecule has 1 aliphatic rings. The number of hydrogen-bond acceptors (Lipinski definition) is 2. The van der Waals surface area contributed by atoms with Crippen LogP contribution in [-0.2, 0) is 11.2 Å². The first-order valence-electron chi connectivity index (χ1n) is 5.19. The fourth-order valence-electron chi connectivity index (χ4n) is 2.21. The molecular weight excluding hydrogens is 230 g/mol. The van der Waals surface area contributed by atoms with Crippen LogP contribution in [0.25, 0.3) is 0 Å². The van der Waals surface area contributed by atoms with Crippen molar-refractivity contribution < 1.29 is 4.79 Å². The molecule has 2 rings (SSSR count). The van der Waals surface area contributed by atoms with Gasteiger partial charge in [-0.05, 0) is 29.9 Å². The normalized spacial score (nSPS) is 20.1. The van der Waals surface area contributed by atoms with Gasteiger partial charge in [0.25, 0.3) is 0 Å². The summed E-state index contributed by atoms with van der Waals surface area (Å²) in [7, 11) is 0. The molecule has 0 saturated carbocycles. The first kappa shape index (κ1) is 11.0. The maximum atomic E-state index is 11.7. The molecule has 0 aliphatic carbocycles. The maximum absolute atomic E-state index is 11.7. The highest BCUT2D eigenvalue weighted by Crippen LogP contribution is 2.35. The molecule has 1 aliphatic heterocycles. The number of rotatable bonds is 2. The van der Waals surface area contributed by atoms with Gasteiger partial charge in [0, 0.05) is 11.4 Å². The van der Waals surface area contributed by atoms with E-state index in [-0.39, 0.29) is 17.8 Å². The van der Waals surface area contributed by atoms with E-state index in [1.54, 1.807) is 11.3 Å². The van der Waals surface area contributed by atoms with Gasteiger partial charge in [0.1, 0.15) is 5.88 Å². The molecule has 1 atom stereocenters. The van der Waals surface area contributed by atoms with Gasteiger partial charge in [-0.25, -0.2) is 0 Å². The standard InChI is InChI=1S/C11H14ClNOS/c1-2-9-8-4-6-15-10(8)3-5-13(9)11(14)7-12/h4,6,9H,2-3,5,7H2,1H3/t9-/m0/s1. The highest BCUT2D eigenvalue weighted by atomic mass is 35.5. The minimum absolute atomic E-state index is 0.0559. The van der Waals surface area contributed by atoms with Crippen molar-refractivity contribution in [3.05, 3.63) is 21.9 Å². The lowest BCUT2D eigenvalue weighted by Gasteiger charge is -2.35. The summed E-state index contributed by atoms with van der Waals surface area (Å²) in [5.74, 6) is 0.149. The second-order valence-corrected chi connectivity index (χ2v) is 4.96. The number of fused-ring (bicyclic) bond motifs is 1. The Kier molecular flexibility index (Phi) is 3.32. The third-order valence-corrected chi connectivity index (χ3v) is 4.14. The van der Waals surface area contributed by atoms with Crippen LogP contribution in [0.4, 0.5) is 0 Å². The Bertz CT molecular complexity index is 363. The van der Waals surface area contributed by atoms with Crippen molar-refractivity contribution in [3.63, 3.8) is 0 Å². The molecule has 0 bridgehead atoms. The highest BCUT2D eigenvalue weighted by molar-refractivity contribution is 7.10. The van der Waals surface area contributed by atoms with Crippen LogP contribution in [0.3, 0.4) is 0 Å². The SMILES string of the molecule is CC[C@H]1c2ccsc2CCN1C(=O)CCl. The zero-order chi connectivity index (χ0) is 10.8. The molecule has 0 fully saturated rings. The van der Waals surface area contributed by atoms with Crippen LogP contribution in [0.2, 0.25) is 0 Å². The van der Waals surface area contributed by atoms with Crippen LogP contribution in [-0.4, -0.2) is 23.2 Å². The lowest BCUT2D eigenvalue weighted by molar-refractivity contribution is -0.131. The third-order valence-electron chi connectivity index (χ3n) is 2.92. The van der Waals surface area contributed by atoms with Crippen molar-refractivity contribution in [3.8, 4) is 0 Å². The number of halogens is 1. The number of nitrogens with zero attached hydrogens (tertiary/aromatic N) is 1. The fraction of sp³-hybridized carbons (Fsp3) is 0.545. The molecule has 1 amide bonds. The molecule has 4 heteroatoms. The van der Waals surface area contributed by atoms with E-state index in [4.69, 9.17) is 11.6 Å². The lowest BCUT2D eigenvalue weighted by atomic mass is 9.98. The summed E-state index contributed by atoms with van der Waals surface area (Å²) in [6.07, 6.45) is 1.94. The molecule has 1 aromatic heterocycles. The van der Waals surface area contributed by atoms with Gasteiger partial charge >= 0.3 is 0 Å². The van der Waals surface area contributed by atoms with E-state index in [9.17, 15) is 4.79 Å². The van der Waals surface area contributed by atoms with Crippen LogP contribution in [0.5, 0.6) is 0 Å². The Balaban J connectivity index is 2.28. The van der Waals surface area contributed by atoms with Crippen LogP contribution in [0.1, 0.15) is 29.8 Å². The average molecular weight is 244 g/mol. The molecule has 0 unspecified atom stereocenters. The molecule has 15 heavy (non-hydrogen) atoms. The van der Waals surface area contributed by atoms with Crippen molar-refractivity contribution >= 4 is 28.8 Å². The number of thiophene rings is 1. The van der Waals surface area contributed by atoms with Crippen LogP contribution in [0, 0.1) is 0 Å². The van der Waals surface area contributed by atoms with Crippen LogP contribution in [0.15, 0.2) is 11.4 Å². The summed E-state index contributed by atoms with van der Waals surface area (Å²) in [6, 6.07) is 2.38. The molecule has 1 aromatic rings. The average Bonchev–Trinajstić information content (AvgIpc) is 2.74.